The summed E-state index contributed by atoms with van der Waals surface area (Å²) in [5.74, 6) is 1.20. The highest BCUT2D eigenvalue weighted by molar-refractivity contribution is 5.79. The van der Waals surface area contributed by atoms with Crippen molar-refractivity contribution in [1.82, 2.24) is 10.1 Å². The van der Waals surface area contributed by atoms with Crippen LogP contribution in [0.15, 0.2) is 4.52 Å². The highest BCUT2D eigenvalue weighted by Gasteiger charge is 2.31. The second-order valence-corrected chi connectivity index (χ2v) is 5.59. The molecule has 0 aliphatic heterocycles. The van der Waals surface area contributed by atoms with Crippen molar-refractivity contribution >= 4 is 5.91 Å². The minimum atomic E-state index is -0.386. The number of carbonyl (C=O) groups is 1. The van der Waals surface area contributed by atoms with Gasteiger partial charge in [0.1, 0.15) is 5.76 Å². The van der Waals surface area contributed by atoms with Gasteiger partial charge in [0.05, 0.1) is 18.2 Å². The normalized spacial score (nSPS) is 16.2. The molecule has 112 valence electrons. The zero-order chi connectivity index (χ0) is 14.7. The van der Waals surface area contributed by atoms with E-state index in [9.17, 15) is 9.90 Å². The lowest BCUT2D eigenvalue weighted by molar-refractivity contribution is -0.130. The van der Waals surface area contributed by atoms with Gasteiger partial charge in [-0.2, -0.15) is 0 Å². The topological polar surface area (TPSA) is 66.6 Å². The summed E-state index contributed by atoms with van der Waals surface area (Å²) in [6, 6.07) is 0. The first-order valence-electron chi connectivity index (χ1n) is 7.45. The zero-order valence-corrected chi connectivity index (χ0v) is 12.6. The number of hydrogen-bond donors (Lipinski definition) is 1. The second kappa shape index (κ2) is 6.39. The molecule has 1 aliphatic rings. The number of aliphatic hydroxyl groups is 1. The van der Waals surface area contributed by atoms with Gasteiger partial charge in [-0.1, -0.05) is 19.0 Å². The lowest BCUT2D eigenvalue weighted by atomic mass is 10.1. The molecule has 1 atom stereocenters. The summed E-state index contributed by atoms with van der Waals surface area (Å²) < 4.78 is 5.28. The van der Waals surface area contributed by atoms with Gasteiger partial charge in [0.2, 0.25) is 5.91 Å². The van der Waals surface area contributed by atoms with Crippen LogP contribution in [0.4, 0.5) is 0 Å². The van der Waals surface area contributed by atoms with Gasteiger partial charge in [0.15, 0.2) is 0 Å². The van der Waals surface area contributed by atoms with Crippen LogP contribution in [0.2, 0.25) is 0 Å². The molecule has 20 heavy (non-hydrogen) atoms. The lowest BCUT2D eigenvalue weighted by Crippen LogP contribution is -2.36. The van der Waals surface area contributed by atoms with Crippen LogP contribution < -0.4 is 0 Å². The van der Waals surface area contributed by atoms with Crippen LogP contribution in [0.5, 0.6) is 0 Å². The van der Waals surface area contributed by atoms with Crippen molar-refractivity contribution in [3.8, 4) is 0 Å². The molecule has 5 nitrogen and oxygen atoms in total. The Morgan fingerprint density at radius 3 is 2.70 bits per heavy atom. The van der Waals surface area contributed by atoms with Crippen molar-refractivity contribution in [2.24, 2.45) is 5.92 Å². The van der Waals surface area contributed by atoms with E-state index in [1.54, 1.807) is 11.9 Å². The fraction of sp³-hybridized carbons (Fsp3) is 0.733. The van der Waals surface area contributed by atoms with Crippen LogP contribution >= 0.6 is 0 Å². The van der Waals surface area contributed by atoms with E-state index in [1.807, 2.05) is 13.8 Å². The highest BCUT2D eigenvalue weighted by Crippen LogP contribution is 2.32. The molecule has 1 saturated carbocycles. The van der Waals surface area contributed by atoms with E-state index < -0.39 is 0 Å². The fourth-order valence-electron chi connectivity index (χ4n) is 2.44. The maximum Gasteiger partial charge on any atom is 0.227 e. The van der Waals surface area contributed by atoms with Crippen molar-refractivity contribution in [2.75, 3.05) is 13.6 Å². The van der Waals surface area contributed by atoms with Crippen LogP contribution in [0, 0.1) is 5.92 Å². The van der Waals surface area contributed by atoms with E-state index in [2.05, 4.69) is 5.16 Å². The number of hydrogen-bond acceptors (Lipinski definition) is 4. The highest BCUT2D eigenvalue weighted by atomic mass is 16.5. The van der Waals surface area contributed by atoms with Crippen molar-refractivity contribution < 1.29 is 14.4 Å². The molecule has 1 heterocycles. The number of nitrogens with zero attached hydrogens (tertiary/aromatic N) is 2. The van der Waals surface area contributed by atoms with Crippen LogP contribution in [-0.2, 0) is 24.1 Å². The summed E-state index contributed by atoms with van der Waals surface area (Å²) in [7, 11) is 1.75. The number of aliphatic hydroxyl groups excluding tert-OH is 1. The van der Waals surface area contributed by atoms with Crippen molar-refractivity contribution in [3.63, 3.8) is 0 Å². The lowest BCUT2D eigenvalue weighted by Gasteiger charge is -2.20. The van der Waals surface area contributed by atoms with E-state index in [-0.39, 0.29) is 12.0 Å². The van der Waals surface area contributed by atoms with Crippen LogP contribution in [0.25, 0.3) is 0 Å². The minimum absolute atomic E-state index is 0.0114. The third-order valence-corrected chi connectivity index (χ3v) is 3.99. The zero-order valence-electron chi connectivity index (χ0n) is 12.6. The van der Waals surface area contributed by atoms with E-state index >= 15 is 0 Å². The summed E-state index contributed by atoms with van der Waals surface area (Å²) in [5, 5.41) is 13.9. The van der Waals surface area contributed by atoms with Crippen LogP contribution in [0.3, 0.4) is 0 Å². The molecule has 2 rings (SSSR count). The molecular formula is C15H24N2O3. The third-order valence-electron chi connectivity index (χ3n) is 3.99. The maximum absolute atomic E-state index is 12.3. The smallest absolute Gasteiger partial charge is 0.227 e. The van der Waals surface area contributed by atoms with Crippen molar-refractivity contribution in [3.05, 3.63) is 17.0 Å². The first-order valence-corrected chi connectivity index (χ1v) is 7.45. The molecular weight excluding hydrogens is 256 g/mol. The molecule has 1 aromatic heterocycles. The fourth-order valence-corrected chi connectivity index (χ4v) is 2.44. The molecule has 0 radical (unpaired) electrons. The maximum atomic E-state index is 12.3. The van der Waals surface area contributed by atoms with E-state index in [0.29, 0.717) is 18.9 Å². The first kappa shape index (κ1) is 15.0. The summed E-state index contributed by atoms with van der Waals surface area (Å²) in [6.07, 6.45) is 3.58. The summed E-state index contributed by atoms with van der Waals surface area (Å²) >= 11 is 0. The van der Waals surface area contributed by atoms with Gasteiger partial charge in [-0.05, 0) is 25.2 Å². The Kier molecular flexibility index (Phi) is 4.81. The Labute approximate surface area is 119 Å². The summed E-state index contributed by atoms with van der Waals surface area (Å²) in [5.41, 5.74) is 1.79. The Hall–Kier alpha value is -1.36. The molecule has 0 saturated heterocycles. The minimum Gasteiger partial charge on any atom is -0.391 e. The van der Waals surface area contributed by atoms with Gasteiger partial charge in [-0.15, -0.1) is 0 Å². The van der Waals surface area contributed by atoms with Gasteiger partial charge in [0, 0.05) is 25.6 Å². The van der Waals surface area contributed by atoms with Gasteiger partial charge in [-0.3, -0.25) is 4.79 Å². The van der Waals surface area contributed by atoms with Crippen molar-refractivity contribution in [1.29, 1.82) is 0 Å². The number of amides is 1. The first-order chi connectivity index (χ1) is 9.56. The Balaban J connectivity index is 1.97. The third kappa shape index (κ3) is 3.39. The molecule has 1 N–H and O–H groups in total. The number of aromatic nitrogens is 1. The molecule has 5 heteroatoms. The van der Waals surface area contributed by atoms with Crippen LogP contribution in [0.1, 0.15) is 43.7 Å². The molecule has 0 bridgehead atoms. The van der Waals surface area contributed by atoms with Gasteiger partial charge in [-0.25, -0.2) is 0 Å². The average molecular weight is 280 g/mol. The van der Waals surface area contributed by atoms with E-state index in [1.165, 1.54) is 0 Å². The monoisotopic (exact) mass is 280 g/mol. The van der Waals surface area contributed by atoms with E-state index in [4.69, 9.17) is 4.52 Å². The SMILES string of the molecule is CCc1noc(CC)c1CC(=O)N(C)CC(O)C1CC1. The Bertz CT molecular complexity index is 444. The number of likely N-dealkylation sites (N-methyl/N-ethyl adjacent to an activating group) is 1. The molecule has 1 unspecified atom stereocenters. The molecule has 1 amide bonds. The summed E-state index contributed by atoms with van der Waals surface area (Å²) in [6.45, 7) is 4.41. The molecule has 1 aromatic rings. The number of aryl methyl sites for hydroxylation is 2. The molecule has 1 aliphatic carbocycles. The van der Waals surface area contributed by atoms with Crippen LogP contribution in [-0.4, -0.2) is 40.8 Å². The van der Waals surface area contributed by atoms with Gasteiger partial charge >= 0.3 is 0 Å². The predicted octanol–water partition coefficient (Wildman–Crippen LogP) is 1.57. The number of rotatable bonds is 7. The van der Waals surface area contributed by atoms with Crippen molar-refractivity contribution in [2.45, 2.75) is 52.1 Å². The molecule has 1 fully saturated rings. The molecule has 0 spiro atoms. The van der Waals surface area contributed by atoms with Gasteiger partial charge in [0.25, 0.3) is 0 Å². The Morgan fingerprint density at radius 1 is 1.45 bits per heavy atom. The van der Waals surface area contributed by atoms with Gasteiger partial charge < -0.3 is 14.5 Å². The largest absolute Gasteiger partial charge is 0.391 e. The second-order valence-electron chi connectivity index (χ2n) is 5.59. The standard InChI is InChI=1S/C15H24N2O3/c1-4-12-11(14(5-2)20-16-12)8-15(19)17(3)9-13(18)10-6-7-10/h10,13,18H,4-9H2,1-3H3. The average Bonchev–Trinajstić information content (AvgIpc) is 3.21. The summed E-state index contributed by atoms with van der Waals surface area (Å²) in [4.78, 5) is 13.9. The van der Waals surface area contributed by atoms with E-state index in [0.717, 1.165) is 42.7 Å². The molecule has 0 aromatic carbocycles. The quantitative estimate of drug-likeness (QED) is 0.823. The predicted molar refractivity (Wildman–Crippen MR) is 75.3 cm³/mol. The Morgan fingerprint density at radius 2 is 2.15 bits per heavy atom. The number of carbonyl (C=O) groups excluding carboxylic acids is 1.